The summed E-state index contributed by atoms with van der Waals surface area (Å²) < 4.78 is 25.3. The Kier molecular flexibility index (Phi) is 3.57. The highest BCUT2D eigenvalue weighted by atomic mass is 32.2. The highest BCUT2D eigenvalue weighted by Crippen LogP contribution is 2.43. The molecule has 1 aliphatic carbocycles. The van der Waals surface area contributed by atoms with Crippen LogP contribution >= 0.6 is 0 Å². The first-order valence-electron chi connectivity index (χ1n) is 7.74. The smallest absolute Gasteiger partial charge is 0.228 e. The number of amides is 1. The Hall–Kier alpha value is -0.620. The van der Waals surface area contributed by atoms with Crippen molar-refractivity contribution >= 4 is 15.9 Å². The van der Waals surface area contributed by atoms with E-state index in [-0.39, 0.29) is 17.1 Å². The molecule has 2 heterocycles. The molecule has 0 N–H and O–H groups in total. The molecule has 0 aromatic heterocycles. The number of carbonyl (C=O) groups excluding carboxylic acids is 1. The van der Waals surface area contributed by atoms with Gasteiger partial charge in [-0.25, -0.2) is 12.7 Å². The number of hydrogen-bond acceptors (Lipinski definition) is 3. The minimum atomic E-state index is -3.10. The van der Waals surface area contributed by atoms with E-state index in [1.165, 1.54) is 12.8 Å². The third kappa shape index (κ3) is 2.48. The Bertz CT molecular complexity index is 491. The van der Waals surface area contributed by atoms with Crippen molar-refractivity contribution in [2.24, 2.45) is 11.3 Å². The molecule has 2 saturated heterocycles. The SMILES string of the molecule is CCS(=O)(=O)N1CCC2(CCN(CC3CC3)C2=O)CC1. The molecule has 0 unspecified atom stereocenters. The van der Waals surface area contributed by atoms with Crippen LogP contribution in [-0.4, -0.2) is 55.5 Å². The van der Waals surface area contributed by atoms with Crippen molar-refractivity contribution < 1.29 is 13.2 Å². The number of piperidine rings is 1. The van der Waals surface area contributed by atoms with E-state index in [4.69, 9.17) is 0 Å². The molecule has 1 spiro atoms. The number of hydrogen-bond donors (Lipinski definition) is 0. The molecule has 0 atom stereocenters. The topological polar surface area (TPSA) is 57.7 Å². The Morgan fingerprint density at radius 2 is 1.75 bits per heavy atom. The molecule has 1 saturated carbocycles. The maximum absolute atomic E-state index is 12.6. The normalized spacial score (nSPS) is 27.4. The lowest BCUT2D eigenvalue weighted by Gasteiger charge is -2.37. The fourth-order valence-corrected chi connectivity index (χ4v) is 4.62. The minimum Gasteiger partial charge on any atom is -0.342 e. The van der Waals surface area contributed by atoms with Crippen LogP contribution in [0.4, 0.5) is 0 Å². The van der Waals surface area contributed by atoms with E-state index in [2.05, 4.69) is 0 Å². The highest BCUT2D eigenvalue weighted by molar-refractivity contribution is 7.89. The van der Waals surface area contributed by atoms with Gasteiger partial charge >= 0.3 is 0 Å². The molecule has 2 aliphatic heterocycles. The van der Waals surface area contributed by atoms with Crippen LogP contribution in [0.3, 0.4) is 0 Å². The minimum absolute atomic E-state index is 0.155. The van der Waals surface area contributed by atoms with Crippen LogP contribution in [0.15, 0.2) is 0 Å². The van der Waals surface area contributed by atoms with Gasteiger partial charge in [0.15, 0.2) is 0 Å². The Morgan fingerprint density at radius 1 is 1.15 bits per heavy atom. The molecule has 6 heteroatoms. The molecule has 3 fully saturated rings. The summed E-state index contributed by atoms with van der Waals surface area (Å²) in [6, 6.07) is 0. The van der Waals surface area contributed by atoms with Gasteiger partial charge in [-0.2, -0.15) is 0 Å². The molecular weight excluding hydrogens is 276 g/mol. The first kappa shape index (κ1) is 14.3. The monoisotopic (exact) mass is 300 g/mol. The number of sulfonamides is 1. The van der Waals surface area contributed by atoms with Crippen LogP contribution in [0.5, 0.6) is 0 Å². The van der Waals surface area contributed by atoms with Gasteiger partial charge in [0.1, 0.15) is 0 Å². The third-order valence-corrected chi connectivity index (χ3v) is 7.10. The maximum Gasteiger partial charge on any atom is 0.228 e. The van der Waals surface area contributed by atoms with Crippen LogP contribution in [0.25, 0.3) is 0 Å². The van der Waals surface area contributed by atoms with Gasteiger partial charge < -0.3 is 4.90 Å². The summed E-state index contributed by atoms with van der Waals surface area (Å²) >= 11 is 0. The van der Waals surface area contributed by atoms with Crippen molar-refractivity contribution in [2.75, 3.05) is 31.9 Å². The van der Waals surface area contributed by atoms with E-state index < -0.39 is 10.0 Å². The molecule has 0 aromatic carbocycles. The van der Waals surface area contributed by atoms with Gasteiger partial charge in [0, 0.05) is 26.2 Å². The fraction of sp³-hybridized carbons (Fsp3) is 0.929. The largest absolute Gasteiger partial charge is 0.342 e. The Labute approximate surface area is 121 Å². The zero-order valence-electron chi connectivity index (χ0n) is 12.2. The van der Waals surface area contributed by atoms with E-state index in [1.54, 1.807) is 11.2 Å². The lowest BCUT2D eigenvalue weighted by molar-refractivity contribution is -0.138. The molecular formula is C14H24N2O3S. The van der Waals surface area contributed by atoms with E-state index in [1.807, 2.05) is 4.90 Å². The summed E-state index contributed by atoms with van der Waals surface area (Å²) in [6.07, 6.45) is 4.84. The number of rotatable bonds is 4. The van der Waals surface area contributed by atoms with Gasteiger partial charge in [0.2, 0.25) is 15.9 Å². The van der Waals surface area contributed by atoms with Crippen LogP contribution in [0, 0.1) is 11.3 Å². The van der Waals surface area contributed by atoms with E-state index >= 15 is 0 Å². The average Bonchev–Trinajstić information content (AvgIpc) is 3.22. The number of carbonyl (C=O) groups is 1. The first-order valence-corrected chi connectivity index (χ1v) is 9.35. The summed E-state index contributed by atoms with van der Waals surface area (Å²) in [4.78, 5) is 14.7. The highest BCUT2D eigenvalue weighted by Gasteiger charge is 2.49. The Balaban J connectivity index is 1.63. The second kappa shape index (κ2) is 4.98. The van der Waals surface area contributed by atoms with Gasteiger partial charge in [-0.1, -0.05) is 0 Å². The van der Waals surface area contributed by atoms with Gasteiger partial charge in [-0.3, -0.25) is 4.79 Å². The van der Waals surface area contributed by atoms with E-state index in [0.29, 0.717) is 25.9 Å². The molecule has 3 aliphatic rings. The lowest BCUT2D eigenvalue weighted by atomic mass is 9.77. The Morgan fingerprint density at radius 3 is 2.30 bits per heavy atom. The zero-order chi connectivity index (χ0) is 14.4. The van der Waals surface area contributed by atoms with Crippen molar-refractivity contribution in [1.29, 1.82) is 0 Å². The van der Waals surface area contributed by atoms with Crippen LogP contribution < -0.4 is 0 Å². The van der Waals surface area contributed by atoms with Crippen molar-refractivity contribution in [2.45, 2.75) is 39.0 Å². The van der Waals surface area contributed by atoms with Crippen LogP contribution in [-0.2, 0) is 14.8 Å². The lowest BCUT2D eigenvalue weighted by Crippen LogP contribution is -2.47. The summed E-state index contributed by atoms with van der Waals surface area (Å²) in [6.45, 7) is 4.50. The van der Waals surface area contributed by atoms with Gasteiger partial charge in [-0.15, -0.1) is 0 Å². The molecule has 0 aromatic rings. The zero-order valence-corrected chi connectivity index (χ0v) is 13.0. The molecule has 0 bridgehead atoms. The number of nitrogens with zero attached hydrogens (tertiary/aromatic N) is 2. The van der Waals surface area contributed by atoms with Crippen LogP contribution in [0.1, 0.15) is 39.0 Å². The van der Waals surface area contributed by atoms with Crippen LogP contribution in [0.2, 0.25) is 0 Å². The fourth-order valence-electron chi connectivity index (χ4n) is 3.52. The molecule has 5 nitrogen and oxygen atoms in total. The second-order valence-electron chi connectivity index (χ2n) is 6.52. The first-order chi connectivity index (χ1) is 9.47. The van der Waals surface area contributed by atoms with Crippen molar-refractivity contribution in [3.8, 4) is 0 Å². The number of likely N-dealkylation sites (tertiary alicyclic amines) is 1. The third-order valence-electron chi connectivity index (χ3n) is 5.21. The quantitative estimate of drug-likeness (QED) is 0.780. The van der Waals surface area contributed by atoms with Gasteiger partial charge in [0.25, 0.3) is 0 Å². The van der Waals surface area contributed by atoms with Crippen molar-refractivity contribution in [3.05, 3.63) is 0 Å². The molecule has 1 amide bonds. The van der Waals surface area contributed by atoms with Crippen molar-refractivity contribution in [1.82, 2.24) is 9.21 Å². The second-order valence-corrected chi connectivity index (χ2v) is 8.78. The standard InChI is InChI=1S/C14H24N2O3S/c1-2-20(18,19)16-9-6-14(7-10-16)5-8-15(13(14)17)11-12-3-4-12/h12H,2-11H2,1H3. The summed E-state index contributed by atoms with van der Waals surface area (Å²) in [7, 11) is -3.10. The molecule has 3 rings (SSSR count). The predicted octanol–water partition coefficient (Wildman–Crippen LogP) is 1.06. The van der Waals surface area contributed by atoms with E-state index in [0.717, 1.165) is 25.4 Å². The summed E-state index contributed by atoms with van der Waals surface area (Å²) in [5.74, 6) is 1.18. The average molecular weight is 300 g/mol. The molecule has 20 heavy (non-hydrogen) atoms. The predicted molar refractivity (Wildman–Crippen MR) is 76.6 cm³/mol. The van der Waals surface area contributed by atoms with E-state index in [9.17, 15) is 13.2 Å². The molecule has 114 valence electrons. The summed E-state index contributed by atoms with van der Waals surface area (Å²) in [5, 5.41) is 0. The molecule has 0 radical (unpaired) electrons. The van der Waals surface area contributed by atoms with Gasteiger partial charge in [-0.05, 0) is 44.9 Å². The van der Waals surface area contributed by atoms with Gasteiger partial charge in [0.05, 0.1) is 11.2 Å². The maximum atomic E-state index is 12.6. The van der Waals surface area contributed by atoms with Crippen molar-refractivity contribution in [3.63, 3.8) is 0 Å². The summed E-state index contributed by atoms with van der Waals surface area (Å²) in [5.41, 5.74) is -0.255.